The molecule has 2 aromatic rings. The van der Waals surface area contributed by atoms with E-state index in [2.05, 4.69) is 0 Å². The largest absolute Gasteiger partial charge is 0.303 e. The van der Waals surface area contributed by atoms with Crippen molar-refractivity contribution in [3.05, 3.63) is 64.1 Å². The molecule has 0 aliphatic heterocycles. The minimum atomic E-state index is -3.57. The summed E-state index contributed by atoms with van der Waals surface area (Å²) in [5.41, 5.74) is 0.809. The lowest BCUT2D eigenvalue weighted by atomic mass is 10.1. The molecule has 0 aromatic heterocycles. The molecule has 1 aliphatic carbocycles. The topological polar surface area (TPSA) is 51.2 Å². The summed E-state index contributed by atoms with van der Waals surface area (Å²) in [6.07, 6.45) is 0.720. The van der Waals surface area contributed by atoms with Crippen molar-refractivity contribution in [3.63, 3.8) is 0 Å². The number of carbonyl (C=O) groups is 1. The van der Waals surface area contributed by atoms with Gasteiger partial charge in [0.05, 0.1) is 10.1 Å². The molecule has 3 rings (SSSR count). The van der Waals surface area contributed by atoms with E-state index in [4.69, 9.17) is 23.2 Å². The maximum atomic E-state index is 12.7. The Morgan fingerprint density at radius 2 is 1.36 bits per heavy atom. The number of benzene rings is 2. The first-order valence-electron chi connectivity index (χ1n) is 6.65. The summed E-state index contributed by atoms with van der Waals surface area (Å²) in [5, 5.41) is 0.312. The van der Waals surface area contributed by atoms with Gasteiger partial charge in [-0.15, -0.1) is 0 Å². The first-order valence-corrected chi connectivity index (χ1v) is 8.95. The lowest BCUT2D eigenvalue weighted by molar-refractivity contribution is -0.108. The van der Waals surface area contributed by atoms with Crippen LogP contribution in [-0.4, -0.2) is 20.0 Å². The van der Waals surface area contributed by atoms with Crippen molar-refractivity contribution in [2.24, 2.45) is 5.92 Å². The van der Waals surface area contributed by atoms with Crippen LogP contribution in [0.5, 0.6) is 0 Å². The number of carbonyl (C=O) groups excluding carboxylic acids is 1. The molecule has 3 atom stereocenters. The molecule has 114 valence electrons. The highest BCUT2D eigenvalue weighted by molar-refractivity contribution is 7.92. The van der Waals surface area contributed by atoms with Crippen LogP contribution in [0.2, 0.25) is 10.0 Å². The van der Waals surface area contributed by atoms with E-state index in [0.717, 1.165) is 11.8 Å². The van der Waals surface area contributed by atoms with Crippen LogP contribution < -0.4 is 0 Å². The van der Waals surface area contributed by atoms with Crippen molar-refractivity contribution in [3.8, 4) is 0 Å². The van der Waals surface area contributed by atoms with Crippen molar-refractivity contribution in [1.82, 2.24) is 0 Å². The molecule has 0 saturated heterocycles. The van der Waals surface area contributed by atoms with Crippen molar-refractivity contribution in [1.29, 1.82) is 0 Å². The first-order chi connectivity index (χ1) is 10.4. The Labute approximate surface area is 138 Å². The molecule has 0 heterocycles. The van der Waals surface area contributed by atoms with Gasteiger partial charge in [0, 0.05) is 21.9 Å². The zero-order valence-electron chi connectivity index (χ0n) is 11.3. The molecular formula is C16H12Cl2O3S. The Morgan fingerprint density at radius 3 is 1.86 bits per heavy atom. The molecule has 0 unspecified atom stereocenters. The predicted octanol–water partition coefficient (Wildman–Crippen LogP) is 3.75. The maximum Gasteiger partial charge on any atom is 0.182 e. The molecule has 1 fully saturated rings. The van der Waals surface area contributed by atoms with Crippen molar-refractivity contribution < 1.29 is 13.2 Å². The minimum absolute atomic E-state index is 0.185. The van der Waals surface area contributed by atoms with E-state index in [-0.39, 0.29) is 10.8 Å². The molecule has 1 saturated carbocycles. The van der Waals surface area contributed by atoms with Crippen molar-refractivity contribution >= 4 is 39.3 Å². The summed E-state index contributed by atoms with van der Waals surface area (Å²) in [6, 6.07) is 12.9. The molecule has 0 bridgehead atoms. The molecule has 0 amide bonds. The Hall–Kier alpha value is -1.36. The Morgan fingerprint density at radius 1 is 0.864 bits per heavy atom. The van der Waals surface area contributed by atoms with Crippen LogP contribution >= 0.6 is 23.2 Å². The molecule has 6 heteroatoms. The summed E-state index contributed by atoms with van der Waals surface area (Å²) in [7, 11) is -3.57. The number of halogens is 2. The molecule has 3 nitrogen and oxygen atoms in total. The fourth-order valence-corrected chi connectivity index (χ4v) is 5.11. The standard InChI is InChI=1S/C16H12Cl2O3S/c17-11-3-1-10(2-4-11)15-14(9-19)16(15)22(20,21)13-7-5-12(18)6-8-13/h1-9,14-16H/t14-,15-,16+/m1/s1. The Bertz CT molecular complexity index is 798. The summed E-state index contributed by atoms with van der Waals surface area (Å²) in [4.78, 5) is 11.4. The Kier molecular flexibility index (Phi) is 4.02. The van der Waals surface area contributed by atoms with Crippen LogP contribution in [0.1, 0.15) is 11.5 Å². The quantitative estimate of drug-likeness (QED) is 0.785. The summed E-state index contributed by atoms with van der Waals surface area (Å²) >= 11 is 11.6. The van der Waals surface area contributed by atoms with Gasteiger partial charge < -0.3 is 4.79 Å². The zero-order chi connectivity index (χ0) is 15.9. The van der Waals surface area contributed by atoms with E-state index < -0.39 is 21.0 Å². The van der Waals surface area contributed by atoms with Crippen molar-refractivity contribution in [2.45, 2.75) is 16.1 Å². The molecule has 2 aromatic carbocycles. The number of rotatable bonds is 4. The summed E-state index contributed by atoms with van der Waals surface area (Å²) in [5.74, 6) is -0.850. The highest BCUT2D eigenvalue weighted by Gasteiger charge is 2.58. The van der Waals surface area contributed by atoms with Gasteiger partial charge in [-0.25, -0.2) is 8.42 Å². The van der Waals surface area contributed by atoms with Gasteiger partial charge in [0.1, 0.15) is 6.29 Å². The molecular weight excluding hydrogens is 343 g/mol. The van der Waals surface area contributed by atoms with Gasteiger partial charge in [0.2, 0.25) is 0 Å². The molecule has 0 radical (unpaired) electrons. The first kappa shape index (κ1) is 15.5. The van der Waals surface area contributed by atoms with E-state index in [1.807, 2.05) is 0 Å². The van der Waals surface area contributed by atoms with Gasteiger partial charge in [0.25, 0.3) is 0 Å². The second-order valence-corrected chi connectivity index (χ2v) is 8.23. The monoisotopic (exact) mass is 354 g/mol. The van der Waals surface area contributed by atoms with Crippen LogP contribution in [0.15, 0.2) is 53.4 Å². The van der Waals surface area contributed by atoms with Gasteiger partial charge in [-0.1, -0.05) is 35.3 Å². The number of sulfone groups is 1. The predicted molar refractivity (Wildman–Crippen MR) is 86.2 cm³/mol. The van der Waals surface area contributed by atoms with E-state index in [1.165, 1.54) is 24.3 Å². The third-order valence-electron chi connectivity index (χ3n) is 3.92. The average molecular weight is 355 g/mol. The lowest BCUT2D eigenvalue weighted by Crippen LogP contribution is -2.10. The van der Waals surface area contributed by atoms with Gasteiger partial charge in [-0.2, -0.15) is 0 Å². The van der Waals surface area contributed by atoms with E-state index in [9.17, 15) is 13.2 Å². The van der Waals surface area contributed by atoms with Crippen LogP contribution in [0, 0.1) is 5.92 Å². The molecule has 0 N–H and O–H groups in total. The van der Waals surface area contributed by atoms with E-state index >= 15 is 0 Å². The van der Waals surface area contributed by atoms with E-state index in [1.54, 1.807) is 24.3 Å². The van der Waals surface area contributed by atoms with Gasteiger partial charge >= 0.3 is 0 Å². The van der Waals surface area contributed by atoms with Crippen LogP contribution in [-0.2, 0) is 14.6 Å². The SMILES string of the molecule is O=C[C@@H]1[C@@H](c2ccc(Cl)cc2)[C@H]1S(=O)(=O)c1ccc(Cl)cc1. The second kappa shape index (κ2) is 5.69. The third kappa shape index (κ3) is 2.67. The van der Waals surface area contributed by atoms with Gasteiger partial charge in [-0.05, 0) is 42.0 Å². The number of aldehydes is 1. The number of hydrogen-bond acceptors (Lipinski definition) is 3. The maximum absolute atomic E-state index is 12.7. The highest BCUT2D eigenvalue weighted by Crippen LogP contribution is 2.52. The minimum Gasteiger partial charge on any atom is -0.303 e. The second-order valence-electron chi connectivity index (χ2n) is 5.25. The van der Waals surface area contributed by atoms with Crippen LogP contribution in [0.4, 0.5) is 0 Å². The van der Waals surface area contributed by atoms with Gasteiger partial charge in [0.15, 0.2) is 9.84 Å². The molecule has 22 heavy (non-hydrogen) atoms. The Balaban J connectivity index is 1.95. The zero-order valence-corrected chi connectivity index (χ0v) is 13.6. The fourth-order valence-electron chi connectivity index (χ4n) is 2.75. The molecule has 0 spiro atoms. The smallest absolute Gasteiger partial charge is 0.182 e. The summed E-state index contributed by atoms with van der Waals surface area (Å²) < 4.78 is 25.4. The van der Waals surface area contributed by atoms with Crippen LogP contribution in [0.3, 0.4) is 0 Å². The van der Waals surface area contributed by atoms with Crippen LogP contribution in [0.25, 0.3) is 0 Å². The summed E-state index contributed by atoms with van der Waals surface area (Å²) in [6.45, 7) is 0. The normalized spacial score (nSPS) is 24.0. The lowest BCUT2D eigenvalue weighted by Gasteiger charge is -2.04. The van der Waals surface area contributed by atoms with E-state index in [0.29, 0.717) is 10.0 Å². The highest BCUT2D eigenvalue weighted by atomic mass is 35.5. The third-order valence-corrected chi connectivity index (χ3v) is 6.68. The van der Waals surface area contributed by atoms with Gasteiger partial charge in [-0.3, -0.25) is 0 Å². The molecule has 1 aliphatic rings. The fraction of sp³-hybridized carbons (Fsp3) is 0.188. The average Bonchev–Trinajstić information content (AvgIpc) is 3.24. The van der Waals surface area contributed by atoms with Crippen molar-refractivity contribution in [2.75, 3.05) is 0 Å². The number of hydrogen-bond donors (Lipinski definition) is 0.